The minimum atomic E-state index is 0.410. The average molecular weight is 269 g/mol. The van der Waals surface area contributed by atoms with Crippen LogP contribution < -0.4 is 5.73 Å². The van der Waals surface area contributed by atoms with E-state index >= 15 is 0 Å². The molecule has 92 valence electrons. The monoisotopic (exact) mass is 268 g/mol. The highest BCUT2D eigenvalue weighted by Crippen LogP contribution is 2.40. The maximum atomic E-state index is 6.38. The molecule has 2 nitrogen and oxygen atoms in total. The van der Waals surface area contributed by atoms with Crippen LogP contribution in [0.4, 0.5) is 5.13 Å². The van der Waals surface area contributed by atoms with Gasteiger partial charge < -0.3 is 5.73 Å². The van der Waals surface area contributed by atoms with Crippen LogP contribution in [0.15, 0.2) is 6.07 Å². The summed E-state index contributed by atoms with van der Waals surface area (Å²) in [6.45, 7) is 8.71. The molecule has 1 aromatic carbocycles. The predicted molar refractivity (Wildman–Crippen MR) is 77.2 cm³/mol. The van der Waals surface area contributed by atoms with Crippen molar-refractivity contribution in [3.8, 4) is 0 Å². The van der Waals surface area contributed by atoms with Crippen LogP contribution in [0, 0.1) is 0 Å². The fourth-order valence-electron chi connectivity index (χ4n) is 2.25. The Morgan fingerprint density at radius 1 is 1.18 bits per heavy atom. The SMILES string of the molecule is CC(C)c1c(Cl)cc2nc(N)sc2c1C(C)C. The van der Waals surface area contributed by atoms with Crippen molar-refractivity contribution in [1.82, 2.24) is 4.98 Å². The van der Waals surface area contributed by atoms with Crippen molar-refractivity contribution >= 4 is 38.3 Å². The Morgan fingerprint density at radius 2 is 1.76 bits per heavy atom. The van der Waals surface area contributed by atoms with E-state index in [2.05, 4.69) is 32.7 Å². The standard InChI is InChI=1S/C13H17ClN2S/c1-6(2)10-8(14)5-9-12(11(10)7(3)4)17-13(15)16-9/h5-7H,1-4H3,(H2,15,16). The lowest BCUT2D eigenvalue weighted by atomic mass is 9.90. The maximum absolute atomic E-state index is 6.38. The fourth-order valence-corrected chi connectivity index (χ4v) is 3.69. The molecule has 4 heteroatoms. The zero-order valence-electron chi connectivity index (χ0n) is 10.5. The Labute approximate surface area is 111 Å². The first-order valence-corrected chi connectivity index (χ1v) is 6.99. The summed E-state index contributed by atoms with van der Waals surface area (Å²) in [5, 5.41) is 1.42. The number of halogens is 1. The van der Waals surface area contributed by atoms with E-state index in [-0.39, 0.29) is 0 Å². The van der Waals surface area contributed by atoms with E-state index in [0.717, 1.165) is 10.5 Å². The van der Waals surface area contributed by atoms with E-state index in [0.29, 0.717) is 17.0 Å². The molecular weight excluding hydrogens is 252 g/mol. The number of hydrogen-bond donors (Lipinski definition) is 1. The fraction of sp³-hybridized carbons (Fsp3) is 0.462. The third-order valence-electron chi connectivity index (χ3n) is 2.88. The Balaban J connectivity index is 2.87. The first-order valence-electron chi connectivity index (χ1n) is 5.80. The normalized spacial score (nSPS) is 11.9. The van der Waals surface area contributed by atoms with Crippen molar-refractivity contribution in [1.29, 1.82) is 0 Å². The number of thiazole rings is 1. The van der Waals surface area contributed by atoms with Gasteiger partial charge in [0.2, 0.25) is 0 Å². The quantitative estimate of drug-likeness (QED) is 0.851. The first kappa shape index (κ1) is 12.7. The molecule has 0 atom stereocenters. The van der Waals surface area contributed by atoms with E-state index in [1.807, 2.05) is 6.07 Å². The number of nitrogen functional groups attached to an aromatic ring is 1. The van der Waals surface area contributed by atoms with Crippen molar-refractivity contribution < 1.29 is 0 Å². The molecular formula is C13H17ClN2S. The number of anilines is 1. The topological polar surface area (TPSA) is 38.9 Å². The highest BCUT2D eigenvalue weighted by molar-refractivity contribution is 7.22. The summed E-state index contributed by atoms with van der Waals surface area (Å²) in [6.07, 6.45) is 0. The van der Waals surface area contributed by atoms with Gasteiger partial charge in [-0.2, -0.15) is 0 Å². The molecule has 1 heterocycles. The van der Waals surface area contributed by atoms with Crippen LogP contribution in [0.3, 0.4) is 0 Å². The van der Waals surface area contributed by atoms with Gasteiger partial charge in [-0.3, -0.25) is 0 Å². The number of rotatable bonds is 2. The molecule has 0 amide bonds. The van der Waals surface area contributed by atoms with Crippen molar-refractivity contribution in [3.63, 3.8) is 0 Å². The number of aromatic nitrogens is 1. The number of nitrogens with zero attached hydrogens (tertiary/aromatic N) is 1. The average Bonchev–Trinajstić information content (AvgIpc) is 2.54. The van der Waals surface area contributed by atoms with Gasteiger partial charge in [0.15, 0.2) is 5.13 Å². The Morgan fingerprint density at radius 3 is 2.29 bits per heavy atom. The lowest BCUT2D eigenvalue weighted by Gasteiger charge is -2.18. The molecule has 2 N–H and O–H groups in total. The highest BCUT2D eigenvalue weighted by Gasteiger charge is 2.19. The molecule has 0 bridgehead atoms. The van der Waals surface area contributed by atoms with Gasteiger partial charge in [-0.05, 0) is 29.0 Å². The van der Waals surface area contributed by atoms with Crippen LogP contribution in [0.5, 0.6) is 0 Å². The maximum Gasteiger partial charge on any atom is 0.181 e. The minimum Gasteiger partial charge on any atom is -0.375 e. The first-order chi connectivity index (χ1) is 7.91. The molecule has 2 aromatic rings. The van der Waals surface area contributed by atoms with E-state index in [1.165, 1.54) is 15.8 Å². The zero-order chi connectivity index (χ0) is 12.7. The molecule has 0 spiro atoms. The number of benzene rings is 1. The summed E-state index contributed by atoms with van der Waals surface area (Å²) in [7, 11) is 0. The molecule has 0 aliphatic heterocycles. The van der Waals surface area contributed by atoms with Crippen LogP contribution in [0.1, 0.15) is 50.7 Å². The molecule has 1 aromatic heterocycles. The third-order valence-corrected chi connectivity index (χ3v) is 4.13. The van der Waals surface area contributed by atoms with Gasteiger partial charge in [-0.25, -0.2) is 4.98 Å². The summed E-state index contributed by atoms with van der Waals surface area (Å²) in [4.78, 5) is 4.33. The molecule has 0 aliphatic rings. The summed E-state index contributed by atoms with van der Waals surface area (Å²) in [5.74, 6) is 0.834. The summed E-state index contributed by atoms with van der Waals surface area (Å²) < 4.78 is 1.19. The van der Waals surface area contributed by atoms with E-state index < -0.39 is 0 Å². The number of nitrogens with two attached hydrogens (primary N) is 1. The Hall–Kier alpha value is -0.800. The van der Waals surface area contributed by atoms with Gasteiger partial charge >= 0.3 is 0 Å². The van der Waals surface area contributed by atoms with Crippen LogP contribution >= 0.6 is 22.9 Å². The number of hydrogen-bond acceptors (Lipinski definition) is 3. The second-order valence-electron chi connectivity index (χ2n) is 4.90. The lowest BCUT2D eigenvalue weighted by Crippen LogP contribution is -2.00. The summed E-state index contributed by atoms with van der Waals surface area (Å²) >= 11 is 7.94. The zero-order valence-corrected chi connectivity index (χ0v) is 12.1. The summed E-state index contributed by atoms with van der Waals surface area (Å²) in [5.41, 5.74) is 9.26. The van der Waals surface area contributed by atoms with Gasteiger partial charge in [-0.1, -0.05) is 50.6 Å². The second kappa shape index (κ2) is 4.46. The Bertz CT molecular complexity index is 558. The van der Waals surface area contributed by atoms with Gasteiger partial charge in [0.1, 0.15) is 0 Å². The molecule has 17 heavy (non-hydrogen) atoms. The van der Waals surface area contributed by atoms with Crippen LogP contribution in [0.2, 0.25) is 5.02 Å². The van der Waals surface area contributed by atoms with Crippen LogP contribution in [-0.2, 0) is 0 Å². The van der Waals surface area contributed by atoms with Crippen molar-refractivity contribution in [3.05, 3.63) is 22.2 Å². The van der Waals surface area contributed by atoms with Crippen LogP contribution in [0.25, 0.3) is 10.2 Å². The highest BCUT2D eigenvalue weighted by atomic mass is 35.5. The summed E-state index contributed by atoms with van der Waals surface area (Å²) in [6, 6.07) is 1.94. The van der Waals surface area contributed by atoms with Gasteiger partial charge in [0.25, 0.3) is 0 Å². The van der Waals surface area contributed by atoms with Gasteiger partial charge in [-0.15, -0.1) is 0 Å². The van der Waals surface area contributed by atoms with Crippen molar-refractivity contribution in [2.75, 3.05) is 5.73 Å². The molecule has 0 saturated carbocycles. The largest absolute Gasteiger partial charge is 0.375 e. The second-order valence-corrected chi connectivity index (χ2v) is 6.33. The molecule has 0 radical (unpaired) electrons. The van der Waals surface area contributed by atoms with E-state index in [1.54, 1.807) is 11.3 Å². The molecule has 0 aliphatic carbocycles. The van der Waals surface area contributed by atoms with Crippen molar-refractivity contribution in [2.24, 2.45) is 0 Å². The minimum absolute atomic E-state index is 0.410. The third kappa shape index (κ3) is 2.14. The van der Waals surface area contributed by atoms with Gasteiger partial charge in [0.05, 0.1) is 10.2 Å². The van der Waals surface area contributed by atoms with Gasteiger partial charge in [0, 0.05) is 5.02 Å². The molecule has 0 unspecified atom stereocenters. The van der Waals surface area contributed by atoms with E-state index in [4.69, 9.17) is 17.3 Å². The molecule has 2 rings (SSSR count). The van der Waals surface area contributed by atoms with E-state index in [9.17, 15) is 0 Å². The smallest absolute Gasteiger partial charge is 0.181 e. The lowest BCUT2D eigenvalue weighted by molar-refractivity contribution is 0.799. The van der Waals surface area contributed by atoms with Crippen LogP contribution in [-0.4, -0.2) is 4.98 Å². The number of fused-ring (bicyclic) bond motifs is 1. The molecule has 0 fully saturated rings. The predicted octanol–water partition coefficient (Wildman–Crippen LogP) is 4.78. The molecule has 0 saturated heterocycles. The van der Waals surface area contributed by atoms with Crippen molar-refractivity contribution in [2.45, 2.75) is 39.5 Å². The Kier molecular flexibility index (Phi) is 3.32.